The molecule has 0 saturated carbocycles. The number of carbonyl (C=O) groups is 1. The number of fused-ring (bicyclic) bond motifs is 4. The van der Waals surface area contributed by atoms with Crippen molar-refractivity contribution < 1.29 is 30.0 Å². The van der Waals surface area contributed by atoms with Crippen molar-refractivity contribution in [2.75, 3.05) is 0 Å². The van der Waals surface area contributed by atoms with Crippen LogP contribution in [0.5, 0.6) is 0 Å². The molecule has 5 aromatic rings. The summed E-state index contributed by atoms with van der Waals surface area (Å²) in [6, 6.07) is 16.4. The van der Waals surface area contributed by atoms with Crippen LogP contribution in [0.25, 0.3) is 37.2 Å². The second-order valence-corrected chi connectivity index (χ2v) is 12.6. The van der Waals surface area contributed by atoms with Crippen molar-refractivity contribution in [3.8, 4) is 11.3 Å². The van der Waals surface area contributed by atoms with Gasteiger partial charge in [-0.1, -0.05) is 77.6 Å². The first-order valence-electron chi connectivity index (χ1n) is 14.7. The molecule has 0 spiro atoms. The molecule has 0 aliphatic heterocycles. The zero-order chi connectivity index (χ0) is 29.7. The first-order valence-corrected chi connectivity index (χ1v) is 15.5. The van der Waals surface area contributed by atoms with Gasteiger partial charge in [0.05, 0.1) is 11.3 Å². The quantitative estimate of drug-likeness (QED) is 0.0972. The standard InChI is InChI=1S/C22H18N3S.C13H24O2.Ir/c1-22(2,3)17-13-15(12-14-6-4-5-7-16(14)17)19-20-18(8-9-23-19)25-11-10-24-21(25)26-20;1-5-10(6-2)12(14)9-13(15)11(7-3)8-4;/h4-11,13H,1-3H3;9-11,14H,5-8H2,1-4H3;/q-1;;/b;12-9-;. The van der Waals surface area contributed by atoms with Crippen LogP contribution in [-0.2, 0) is 30.3 Å². The number of hydrogen-bond acceptors (Lipinski definition) is 5. The molecule has 0 saturated heterocycles. The van der Waals surface area contributed by atoms with Gasteiger partial charge in [-0.05, 0) is 37.2 Å². The molecule has 7 heteroatoms. The maximum atomic E-state index is 11.7. The van der Waals surface area contributed by atoms with Gasteiger partial charge in [0, 0.05) is 67.0 Å². The maximum absolute atomic E-state index is 11.7. The summed E-state index contributed by atoms with van der Waals surface area (Å²) in [6.45, 7) is 14.8. The molecule has 42 heavy (non-hydrogen) atoms. The van der Waals surface area contributed by atoms with E-state index in [1.165, 1.54) is 17.0 Å². The number of rotatable bonds is 8. The summed E-state index contributed by atoms with van der Waals surface area (Å²) in [4.78, 5) is 21.9. The molecule has 1 radical (unpaired) electrons. The zero-order valence-corrected chi connectivity index (χ0v) is 28.9. The number of hydrogen-bond donors (Lipinski definition) is 1. The fourth-order valence-corrected chi connectivity index (χ4v) is 6.40. The smallest absolute Gasteiger partial charge is 0.194 e. The maximum Gasteiger partial charge on any atom is 0.194 e. The van der Waals surface area contributed by atoms with E-state index in [0.29, 0.717) is 0 Å². The van der Waals surface area contributed by atoms with Gasteiger partial charge in [-0.15, -0.1) is 40.5 Å². The Bertz CT molecular complexity index is 1670. The summed E-state index contributed by atoms with van der Waals surface area (Å²) in [7, 11) is 0. The van der Waals surface area contributed by atoms with Crippen LogP contribution in [0.1, 0.15) is 79.7 Å². The van der Waals surface area contributed by atoms with E-state index >= 15 is 0 Å². The molecule has 0 aliphatic carbocycles. The molecule has 1 N–H and O–H groups in total. The summed E-state index contributed by atoms with van der Waals surface area (Å²) >= 11 is 1.68. The summed E-state index contributed by atoms with van der Waals surface area (Å²) in [5.74, 6) is 0.547. The Morgan fingerprint density at radius 2 is 1.67 bits per heavy atom. The normalized spacial score (nSPS) is 12.2. The van der Waals surface area contributed by atoms with E-state index in [9.17, 15) is 9.90 Å². The Kier molecular flexibility index (Phi) is 11.6. The average Bonchev–Trinajstić information content (AvgIpc) is 3.55. The second kappa shape index (κ2) is 14.5. The molecule has 0 amide bonds. The topological polar surface area (TPSA) is 67.5 Å². The first kappa shape index (κ1) is 33.6. The number of carbonyl (C=O) groups excluding carboxylic acids is 1. The number of nitrogens with zero attached hydrogens (tertiary/aromatic N) is 3. The van der Waals surface area contributed by atoms with Gasteiger partial charge in [-0.3, -0.25) is 14.2 Å². The fraction of sp³-hybridized carbons (Fsp3) is 0.400. The minimum atomic E-state index is 0. The van der Waals surface area contributed by atoms with Crippen molar-refractivity contribution in [1.82, 2.24) is 14.4 Å². The van der Waals surface area contributed by atoms with E-state index in [4.69, 9.17) is 4.98 Å². The van der Waals surface area contributed by atoms with Gasteiger partial charge in [-0.25, -0.2) is 4.98 Å². The van der Waals surface area contributed by atoms with Crippen LogP contribution in [0.2, 0.25) is 0 Å². The molecule has 3 aromatic heterocycles. The molecule has 0 unspecified atom stereocenters. The van der Waals surface area contributed by atoms with Crippen molar-refractivity contribution in [3.63, 3.8) is 0 Å². The van der Waals surface area contributed by atoms with Crippen LogP contribution >= 0.6 is 11.3 Å². The number of aliphatic hydroxyl groups excluding tert-OH is 1. The number of pyridine rings is 1. The molecule has 0 fully saturated rings. The Morgan fingerprint density at radius 3 is 2.31 bits per heavy atom. The summed E-state index contributed by atoms with van der Waals surface area (Å²) < 4.78 is 3.28. The van der Waals surface area contributed by atoms with E-state index < -0.39 is 0 Å². The minimum Gasteiger partial charge on any atom is -0.512 e. The number of allylic oxidation sites excluding steroid dienone is 2. The number of thiazole rings is 1. The number of imidazole rings is 1. The minimum absolute atomic E-state index is 0. The number of aliphatic hydroxyl groups is 1. The monoisotopic (exact) mass is 761 g/mol. The fourth-order valence-electron chi connectivity index (χ4n) is 5.32. The van der Waals surface area contributed by atoms with Crippen LogP contribution in [0.15, 0.2) is 66.8 Å². The summed E-state index contributed by atoms with van der Waals surface area (Å²) in [6.07, 6.45) is 10.6. The summed E-state index contributed by atoms with van der Waals surface area (Å²) in [5, 5.41) is 12.2. The van der Waals surface area contributed by atoms with E-state index in [0.717, 1.165) is 57.5 Å². The van der Waals surface area contributed by atoms with Crippen molar-refractivity contribution in [2.45, 2.75) is 79.6 Å². The van der Waals surface area contributed by atoms with Gasteiger partial charge in [0.15, 0.2) is 10.7 Å². The molecule has 5 rings (SSSR count). The molecule has 0 bridgehead atoms. The molecule has 0 atom stereocenters. The van der Waals surface area contributed by atoms with Gasteiger partial charge >= 0.3 is 0 Å². The molecule has 5 nitrogen and oxygen atoms in total. The third kappa shape index (κ3) is 7.19. The van der Waals surface area contributed by atoms with Gasteiger partial charge in [0.1, 0.15) is 0 Å². The molecule has 3 heterocycles. The second-order valence-electron chi connectivity index (χ2n) is 11.6. The predicted molar refractivity (Wildman–Crippen MR) is 173 cm³/mol. The van der Waals surface area contributed by atoms with Gasteiger partial charge in [0.2, 0.25) is 0 Å². The van der Waals surface area contributed by atoms with Crippen LogP contribution in [0, 0.1) is 17.9 Å². The Hall–Kier alpha value is -2.86. The first-order chi connectivity index (χ1) is 19.6. The van der Waals surface area contributed by atoms with Crippen LogP contribution in [0.4, 0.5) is 0 Å². The molecule has 2 aromatic carbocycles. The van der Waals surface area contributed by atoms with E-state index in [2.05, 4.69) is 72.6 Å². The number of ketones is 1. The van der Waals surface area contributed by atoms with E-state index in [-0.39, 0.29) is 48.9 Å². The molecular weight excluding hydrogens is 719 g/mol. The van der Waals surface area contributed by atoms with Gasteiger partial charge in [0.25, 0.3) is 0 Å². The SMILES string of the molecule is CC(C)(C)c1cc(-c2nccc3c2sc2nccn23)[c-]c2ccccc12.CCC(CC)C(=O)/C=C(\O)C(CC)CC.[Ir]. The van der Waals surface area contributed by atoms with Crippen LogP contribution in [0.3, 0.4) is 0 Å². The van der Waals surface area contributed by atoms with E-state index in [1.54, 1.807) is 11.3 Å². The van der Waals surface area contributed by atoms with Crippen molar-refractivity contribution >= 4 is 43.1 Å². The predicted octanol–water partition coefficient (Wildman–Crippen LogP) is 9.73. The molecular formula is C35H42IrN3O2S-. The number of aromatic nitrogens is 3. The summed E-state index contributed by atoms with van der Waals surface area (Å²) in [5.41, 5.74) is 4.54. The van der Waals surface area contributed by atoms with Crippen LogP contribution in [-0.4, -0.2) is 25.3 Å². The van der Waals surface area contributed by atoms with Crippen LogP contribution < -0.4 is 0 Å². The van der Waals surface area contributed by atoms with E-state index in [1.807, 2.05) is 46.3 Å². The molecule has 225 valence electrons. The third-order valence-corrected chi connectivity index (χ3v) is 8.96. The van der Waals surface area contributed by atoms with Crippen molar-refractivity contribution in [3.05, 3.63) is 78.5 Å². The third-order valence-electron chi connectivity index (χ3n) is 7.86. The Labute approximate surface area is 267 Å². The largest absolute Gasteiger partial charge is 0.512 e. The number of benzene rings is 2. The average molecular weight is 761 g/mol. The molecule has 0 aliphatic rings. The van der Waals surface area contributed by atoms with Crippen molar-refractivity contribution in [2.24, 2.45) is 11.8 Å². The Balaban J connectivity index is 0.000000263. The Morgan fingerprint density at radius 1 is 1.00 bits per heavy atom. The van der Waals surface area contributed by atoms with Gasteiger partial charge in [-0.2, -0.15) is 0 Å². The zero-order valence-electron chi connectivity index (χ0n) is 25.7. The van der Waals surface area contributed by atoms with Crippen molar-refractivity contribution in [1.29, 1.82) is 0 Å². The van der Waals surface area contributed by atoms with Gasteiger partial charge < -0.3 is 5.11 Å².